The van der Waals surface area contributed by atoms with Crippen molar-refractivity contribution in [3.63, 3.8) is 0 Å². The fourth-order valence-electron chi connectivity index (χ4n) is 2.25. The van der Waals surface area contributed by atoms with Gasteiger partial charge >= 0.3 is 6.18 Å². The largest absolute Gasteiger partial charge is 0.431 e. The topological polar surface area (TPSA) is 52.9 Å². The molecular formula is C15H16F4N2O2. The first-order valence-corrected chi connectivity index (χ1v) is 6.84. The van der Waals surface area contributed by atoms with E-state index in [1.165, 1.54) is 32.9 Å². The molecule has 0 saturated heterocycles. The molecule has 0 bridgehead atoms. The van der Waals surface area contributed by atoms with Crippen molar-refractivity contribution in [3.8, 4) is 0 Å². The quantitative estimate of drug-likeness (QED) is 0.802. The van der Waals surface area contributed by atoms with E-state index in [1.807, 2.05) is 0 Å². The van der Waals surface area contributed by atoms with Gasteiger partial charge in [0, 0.05) is 11.8 Å². The van der Waals surface area contributed by atoms with Gasteiger partial charge in [0.25, 0.3) is 5.91 Å². The van der Waals surface area contributed by atoms with Crippen molar-refractivity contribution in [1.29, 1.82) is 0 Å². The monoisotopic (exact) mass is 332 g/mol. The van der Waals surface area contributed by atoms with E-state index in [0.29, 0.717) is 5.01 Å². The number of hydrazone groups is 1. The summed E-state index contributed by atoms with van der Waals surface area (Å²) in [6, 6.07) is 4.85. The van der Waals surface area contributed by atoms with E-state index in [1.54, 1.807) is 0 Å². The number of carbonyl (C=O) groups is 1. The normalized spacial score (nSPS) is 22.3. The SMILES string of the molecule is CC(C)(C)C1(O)CC(C(F)(F)F)=NN1C(=O)c1ccccc1F. The van der Waals surface area contributed by atoms with Gasteiger partial charge in [0.2, 0.25) is 0 Å². The average molecular weight is 332 g/mol. The number of benzene rings is 1. The molecule has 2 rings (SSSR count). The zero-order valence-corrected chi connectivity index (χ0v) is 12.8. The third-order valence-electron chi connectivity index (χ3n) is 3.81. The maximum atomic E-state index is 13.8. The van der Waals surface area contributed by atoms with Crippen LogP contribution in [0.3, 0.4) is 0 Å². The van der Waals surface area contributed by atoms with Crippen molar-refractivity contribution in [3.05, 3.63) is 35.6 Å². The van der Waals surface area contributed by atoms with E-state index in [-0.39, 0.29) is 0 Å². The number of halogens is 4. The molecule has 1 atom stereocenters. The van der Waals surface area contributed by atoms with Crippen LogP contribution in [0.1, 0.15) is 37.6 Å². The summed E-state index contributed by atoms with van der Waals surface area (Å²) < 4.78 is 52.6. The van der Waals surface area contributed by atoms with E-state index in [2.05, 4.69) is 5.10 Å². The zero-order chi connectivity index (χ0) is 17.6. The molecule has 1 aromatic carbocycles. The molecule has 1 aromatic rings. The molecule has 0 spiro atoms. The molecule has 0 saturated carbocycles. The van der Waals surface area contributed by atoms with Gasteiger partial charge in [-0.3, -0.25) is 4.79 Å². The summed E-state index contributed by atoms with van der Waals surface area (Å²) in [7, 11) is 0. The Balaban J connectivity index is 2.53. The van der Waals surface area contributed by atoms with E-state index >= 15 is 0 Å². The minimum Gasteiger partial charge on any atom is -0.368 e. The molecule has 23 heavy (non-hydrogen) atoms. The highest BCUT2D eigenvalue weighted by Gasteiger charge is 2.57. The molecule has 0 aromatic heterocycles. The van der Waals surface area contributed by atoms with Crippen molar-refractivity contribution in [2.45, 2.75) is 39.1 Å². The van der Waals surface area contributed by atoms with E-state index in [0.717, 1.165) is 12.1 Å². The Labute approximate surface area is 130 Å². The number of hydrogen-bond acceptors (Lipinski definition) is 3. The van der Waals surface area contributed by atoms with Crippen LogP contribution in [0.5, 0.6) is 0 Å². The number of nitrogens with zero attached hydrogens (tertiary/aromatic N) is 2. The first kappa shape index (κ1) is 17.4. The van der Waals surface area contributed by atoms with Gasteiger partial charge < -0.3 is 5.11 Å². The van der Waals surface area contributed by atoms with Gasteiger partial charge in [-0.25, -0.2) is 4.39 Å². The number of carbonyl (C=O) groups excluding carboxylic acids is 1. The Bertz CT molecular complexity index is 664. The van der Waals surface area contributed by atoms with Crippen molar-refractivity contribution < 1.29 is 27.5 Å². The predicted octanol–water partition coefficient (Wildman–Crippen LogP) is 3.32. The molecule has 1 amide bonds. The molecule has 0 fully saturated rings. The summed E-state index contributed by atoms with van der Waals surface area (Å²) in [6.07, 6.45) is -5.66. The Kier molecular flexibility index (Phi) is 4.00. The van der Waals surface area contributed by atoms with Gasteiger partial charge in [-0.2, -0.15) is 23.3 Å². The van der Waals surface area contributed by atoms with Crippen molar-refractivity contribution in [1.82, 2.24) is 5.01 Å². The fraction of sp³-hybridized carbons (Fsp3) is 0.467. The lowest BCUT2D eigenvalue weighted by molar-refractivity contribution is -0.144. The second-order valence-corrected chi connectivity index (χ2v) is 6.38. The highest BCUT2D eigenvalue weighted by Crippen LogP contribution is 2.44. The van der Waals surface area contributed by atoms with E-state index < -0.39 is 46.7 Å². The number of rotatable bonds is 1. The van der Waals surface area contributed by atoms with Crippen LogP contribution in [0, 0.1) is 11.2 Å². The van der Waals surface area contributed by atoms with Crippen LogP contribution in [0.2, 0.25) is 0 Å². The number of aliphatic hydroxyl groups is 1. The van der Waals surface area contributed by atoms with Crippen molar-refractivity contribution >= 4 is 11.6 Å². The van der Waals surface area contributed by atoms with Gasteiger partial charge in [0.05, 0.1) is 5.56 Å². The minimum atomic E-state index is -4.79. The van der Waals surface area contributed by atoms with E-state index in [4.69, 9.17) is 0 Å². The molecule has 126 valence electrons. The maximum Gasteiger partial charge on any atom is 0.431 e. The highest BCUT2D eigenvalue weighted by atomic mass is 19.4. The van der Waals surface area contributed by atoms with Crippen LogP contribution in [0.15, 0.2) is 29.4 Å². The Hall–Kier alpha value is -1.96. The summed E-state index contributed by atoms with van der Waals surface area (Å²) in [5, 5.41) is 14.3. The lowest BCUT2D eigenvalue weighted by Gasteiger charge is -2.41. The molecule has 1 aliphatic heterocycles. The van der Waals surface area contributed by atoms with Crippen LogP contribution in [0.4, 0.5) is 17.6 Å². The Morgan fingerprint density at radius 2 is 1.83 bits per heavy atom. The Morgan fingerprint density at radius 1 is 1.26 bits per heavy atom. The lowest BCUT2D eigenvalue weighted by Crippen LogP contribution is -2.55. The van der Waals surface area contributed by atoms with Gasteiger partial charge in [-0.1, -0.05) is 32.9 Å². The molecule has 0 aliphatic carbocycles. The molecule has 1 unspecified atom stereocenters. The van der Waals surface area contributed by atoms with E-state index in [9.17, 15) is 27.5 Å². The molecular weight excluding hydrogens is 316 g/mol. The summed E-state index contributed by atoms with van der Waals surface area (Å²) in [4.78, 5) is 12.5. The molecule has 1 heterocycles. The number of amides is 1. The van der Waals surface area contributed by atoms with Crippen LogP contribution in [-0.2, 0) is 0 Å². The second kappa shape index (κ2) is 5.30. The third-order valence-corrected chi connectivity index (χ3v) is 3.81. The second-order valence-electron chi connectivity index (χ2n) is 6.38. The lowest BCUT2D eigenvalue weighted by atomic mass is 9.80. The molecule has 1 aliphatic rings. The molecule has 4 nitrogen and oxygen atoms in total. The molecule has 8 heteroatoms. The standard InChI is InChI=1S/C15H16F4N2O2/c1-13(2,3)14(23)8-11(15(17,18)19)20-21(14)12(22)9-6-4-5-7-10(9)16/h4-7,23H,8H2,1-3H3. The summed E-state index contributed by atoms with van der Waals surface area (Å²) in [6.45, 7) is 4.43. The van der Waals surface area contributed by atoms with Crippen LogP contribution >= 0.6 is 0 Å². The van der Waals surface area contributed by atoms with Crippen molar-refractivity contribution in [2.75, 3.05) is 0 Å². The van der Waals surface area contributed by atoms with Gasteiger partial charge in [0.1, 0.15) is 11.5 Å². The first-order chi connectivity index (χ1) is 10.4. The smallest absolute Gasteiger partial charge is 0.368 e. The third kappa shape index (κ3) is 2.95. The van der Waals surface area contributed by atoms with Crippen LogP contribution in [-0.4, -0.2) is 33.6 Å². The predicted molar refractivity (Wildman–Crippen MR) is 75.1 cm³/mol. The van der Waals surface area contributed by atoms with Crippen LogP contribution in [0.25, 0.3) is 0 Å². The summed E-state index contributed by atoms with van der Waals surface area (Å²) in [5.74, 6) is -2.02. The maximum absolute atomic E-state index is 13.8. The number of alkyl halides is 3. The summed E-state index contributed by atoms with van der Waals surface area (Å²) >= 11 is 0. The highest BCUT2D eigenvalue weighted by molar-refractivity contribution is 6.00. The van der Waals surface area contributed by atoms with Crippen LogP contribution < -0.4 is 0 Å². The minimum absolute atomic E-state index is 0.342. The summed E-state index contributed by atoms with van der Waals surface area (Å²) in [5.41, 5.74) is -5.08. The fourth-order valence-corrected chi connectivity index (χ4v) is 2.25. The zero-order valence-electron chi connectivity index (χ0n) is 12.8. The molecule has 0 radical (unpaired) electrons. The Morgan fingerprint density at radius 3 is 2.30 bits per heavy atom. The van der Waals surface area contributed by atoms with Crippen molar-refractivity contribution in [2.24, 2.45) is 10.5 Å². The average Bonchev–Trinajstić information content (AvgIpc) is 2.77. The van der Waals surface area contributed by atoms with Gasteiger partial charge in [-0.05, 0) is 12.1 Å². The number of hydrogen-bond donors (Lipinski definition) is 1. The van der Waals surface area contributed by atoms with Gasteiger partial charge in [-0.15, -0.1) is 0 Å². The molecule has 1 N–H and O–H groups in total. The van der Waals surface area contributed by atoms with Gasteiger partial charge in [0.15, 0.2) is 5.72 Å². The first-order valence-electron chi connectivity index (χ1n) is 6.84.